The van der Waals surface area contributed by atoms with Crippen LogP contribution in [0.5, 0.6) is 0 Å². The van der Waals surface area contributed by atoms with Crippen LogP contribution < -0.4 is 5.32 Å². The Morgan fingerprint density at radius 1 is 1.08 bits per heavy atom. The first-order valence-corrected chi connectivity index (χ1v) is 8.23. The van der Waals surface area contributed by atoms with Crippen molar-refractivity contribution in [2.45, 2.75) is 13.0 Å². The van der Waals surface area contributed by atoms with E-state index in [0.29, 0.717) is 0 Å². The molecule has 0 radical (unpaired) electrons. The summed E-state index contributed by atoms with van der Waals surface area (Å²) in [6, 6.07) is 16.1. The van der Waals surface area contributed by atoms with Gasteiger partial charge in [0.05, 0.1) is 11.7 Å². The number of benzene rings is 1. The van der Waals surface area contributed by atoms with Crippen molar-refractivity contribution in [1.82, 2.24) is 15.3 Å². The summed E-state index contributed by atoms with van der Waals surface area (Å²) in [7, 11) is 0. The Kier molecular flexibility index (Phi) is 5.49. The molecule has 5 heteroatoms. The van der Waals surface area contributed by atoms with Crippen LogP contribution in [0.25, 0.3) is 17.2 Å². The summed E-state index contributed by atoms with van der Waals surface area (Å²) in [6.07, 6.45) is 6.30. The van der Waals surface area contributed by atoms with Gasteiger partial charge in [-0.05, 0) is 54.5 Å². The second kappa shape index (κ2) is 8.16. The van der Waals surface area contributed by atoms with E-state index in [-0.39, 0.29) is 11.9 Å². The average Bonchev–Trinajstić information content (AvgIpc) is 2.68. The van der Waals surface area contributed by atoms with Gasteiger partial charge in [-0.2, -0.15) is 4.39 Å². The zero-order valence-corrected chi connectivity index (χ0v) is 14.3. The van der Waals surface area contributed by atoms with Gasteiger partial charge in [-0.1, -0.05) is 24.3 Å². The molecule has 0 bridgehead atoms. The maximum atomic E-state index is 13.0. The van der Waals surface area contributed by atoms with E-state index in [0.717, 1.165) is 22.4 Å². The van der Waals surface area contributed by atoms with Gasteiger partial charge in [0.1, 0.15) is 0 Å². The molecule has 1 aromatic carbocycles. The minimum Gasteiger partial charge on any atom is -0.346 e. The van der Waals surface area contributed by atoms with Crippen molar-refractivity contribution in [2.75, 3.05) is 0 Å². The van der Waals surface area contributed by atoms with Gasteiger partial charge in [0, 0.05) is 24.0 Å². The fraction of sp³-hybridized carbons (Fsp3) is 0.0952. The molecule has 1 atom stereocenters. The molecule has 0 aliphatic carbocycles. The van der Waals surface area contributed by atoms with E-state index in [9.17, 15) is 9.18 Å². The smallest absolute Gasteiger partial charge is 0.244 e. The zero-order chi connectivity index (χ0) is 18.4. The Morgan fingerprint density at radius 2 is 1.96 bits per heavy atom. The number of aromatic nitrogens is 2. The number of nitrogens with one attached hydrogen (secondary N) is 1. The standard InChI is InChI=1S/C21H18FN3O/c1-15(25-21(26)11-9-19-7-2-3-12-23-19)16-5-4-6-17(13-16)18-8-10-20(22)24-14-18/h2-15H,1H3,(H,25,26)/t15-/m0/s1. The molecule has 26 heavy (non-hydrogen) atoms. The molecule has 1 N–H and O–H groups in total. The molecule has 4 nitrogen and oxygen atoms in total. The highest BCUT2D eigenvalue weighted by Gasteiger charge is 2.09. The lowest BCUT2D eigenvalue weighted by Crippen LogP contribution is -2.24. The van der Waals surface area contributed by atoms with E-state index >= 15 is 0 Å². The molecule has 0 unspecified atom stereocenters. The molecule has 1 amide bonds. The van der Waals surface area contributed by atoms with E-state index in [4.69, 9.17) is 0 Å². The molecule has 0 aliphatic heterocycles. The van der Waals surface area contributed by atoms with Crippen LogP contribution in [0.3, 0.4) is 0 Å². The highest BCUT2D eigenvalue weighted by molar-refractivity contribution is 5.91. The number of carbonyl (C=O) groups excluding carboxylic acids is 1. The van der Waals surface area contributed by atoms with E-state index in [1.807, 2.05) is 49.4 Å². The third-order valence-electron chi connectivity index (χ3n) is 3.90. The molecule has 130 valence electrons. The molecule has 2 aromatic heterocycles. The minimum atomic E-state index is -0.509. The molecular weight excluding hydrogens is 329 g/mol. The first-order valence-electron chi connectivity index (χ1n) is 8.23. The number of amides is 1. The molecule has 2 heterocycles. The Hall–Kier alpha value is -3.34. The molecule has 0 aliphatic rings. The maximum absolute atomic E-state index is 13.0. The van der Waals surface area contributed by atoms with Crippen LogP contribution in [-0.2, 0) is 4.79 Å². The van der Waals surface area contributed by atoms with E-state index < -0.39 is 5.95 Å². The Labute approximate surface area is 151 Å². The lowest BCUT2D eigenvalue weighted by molar-refractivity contribution is -0.117. The zero-order valence-electron chi connectivity index (χ0n) is 14.3. The average molecular weight is 347 g/mol. The molecule has 3 aromatic rings. The summed E-state index contributed by atoms with van der Waals surface area (Å²) in [5.74, 6) is -0.706. The first kappa shape index (κ1) is 17.5. The van der Waals surface area contributed by atoms with Gasteiger partial charge >= 0.3 is 0 Å². The number of hydrogen-bond donors (Lipinski definition) is 1. The van der Waals surface area contributed by atoms with Crippen LogP contribution in [0.15, 0.2) is 73.1 Å². The van der Waals surface area contributed by atoms with E-state index in [1.165, 1.54) is 18.3 Å². The summed E-state index contributed by atoms with van der Waals surface area (Å²) < 4.78 is 13.0. The predicted octanol–water partition coefficient (Wildman–Crippen LogP) is 4.17. The van der Waals surface area contributed by atoms with Crippen molar-refractivity contribution in [3.05, 3.63) is 90.3 Å². The molecular formula is C21H18FN3O. The van der Waals surface area contributed by atoms with E-state index in [1.54, 1.807) is 18.3 Å². The molecule has 0 spiro atoms. The summed E-state index contributed by atoms with van der Waals surface area (Å²) in [5, 5.41) is 2.93. The highest BCUT2D eigenvalue weighted by atomic mass is 19.1. The van der Waals surface area contributed by atoms with Gasteiger partial charge in [-0.15, -0.1) is 0 Å². The van der Waals surface area contributed by atoms with Gasteiger partial charge in [-0.25, -0.2) is 4.98 Å². The van der Waals surface area contributed by atoms with Crippen LogP contribution in [-0.4, -0.2) is 15.9 Å². The van der Waals surface area contributed by atoms with Gasteiger partial charge in [0.15, 0.2) is 0 Å². The lowest BCUT2D eigenvalue weighted by Gasteiger charge is -2.14. The van der Waals surface area contributed by atoms with Crippen molar-refractivity contribution in [1.29, 1.82) is 0 Å². The fourth-order valence-corrected chi connectivity index (χ4v) is 2.51. The summed E-state index contributed by atoms with van der Waals surface area (Å²) in [6.45, 7) is 1.91. The number of nitrogens with zero attached hydrogens (tertiary/aromatic N) is 2. The Bertz CT molecular complexity index is 908. The SMILES string of the molecule is C[C@H](NC(=O)C=Cc1ccccn1)c1cccc(-c2ccc(F)nc2)c1. The monoisotopic (exact) mass is 347 g/mol. The fourth-order valence-electron chi connectivity index (χ4n) is 2.51. The van der Waals surface area contributed by atoms with Gasteiger partial charge in [-0.3, -0.25) is 9.78 Å². The summed E-state index contributed by atoms with van der Waals surface area (Å²) in [5.41, 5.74) is 3.41. The predicted molar refractivity (Wildman–Crippen MR) is 99.5 cm³/mol. The largest absolute Gasteiger partial charge is 0.346 e. The van der Waals surface area contributed by atoms with Crippen molar-refractivity contribution >= 4 is 12.0 Å². The minimum absolute atomic E-state index is 0.177. The van der Waals surface area contributed by atoms with Crippen LogP contribution in [0.1, 0.15) is 24.2 Å². The maximum Gasteiger partial charge on any atom is 0.244 e. The van der Waals surface area contributed by atoms with E-state index in [2.05, 4.69) is 15.3 Å². The topological polar surface area (TPSA) is 54.9 Å². The molecule has 0 saturated carbocycles. The molecule has 0 saturated heterocycles. The van der Waals surface area contributed by atoms with Crippen molar-refractivity contribution < 1.29 is 9.18 Å². The number of hydrogen-bond acceptors (Lipinski definition) is 3. The van der Waals surface area contributed by atoms with Crippen LogP contribution in [0, 0.1) is 5.95 Å². The molecule has 0 fully saturated rings. The second-order valence-corrected chi connectivity index (χ2v) is 5.81. The van der Waals surface area contributed by atoms with Crippen molar-refractivity contribution in [2.24, 2.45) is 0 Å². The number of rotatable bonds is 5. The highest BCUT2D eigenvalue weighted by Crippen LogP contribution is 2.22. The van der Waals surface area contributed by atoms with Crippen LogP contribution in [0.4, 0.5) is 4.39 Å². The molecule has 3 rings (SSSR count). The Morgan fingerprint density at radius 3 is 2.69 bits per heavy atom. The van der Waals surface area contributed by atoms with Crippen LogP contribution >= 0.6 is 0 Å². The lowest BCUT2D eigenvalue weighted by atomic mass is 10.0. The third-order valence-corrected chi connectivity index (χ3v) is 3.90. The number of carbonyl (C=O) groups is 1. The van der Waals surface area contributed by atoms with Gasteiger partial charge < -0.3 is 5.32 Å². The van der Waals surface area contributed by atoms with Crippen molar-refractivity contribution in [3.8, 4) is 11.1 Å². The Balaban J connectivity index is 1.69. The normalized spacial score (nSPS) is 12.1. The first-order chi connectivity index (χ1) is 12.6. The summed E-state index contributed by atoms with van der Waals surface area (Å²) in [4.78, 5) is 19.9. The van der Waals surface area contributed by atoms with Crippen molar-refractivity contribution in [3.63, 3.8) is 0 Å². The summed E-state index contributed by atoms with van der Waals surface area (Å²) >= 11 is 0. The van der Waals surface area contributed by atoms with Gasteiger partial charge in [0.25, 0.3) is 0 Å². The second-order valence-electron chi connectivity index (χ2n) is 5.81. The quantitative estimate of drug-likeness (QED) is 0.557. The van der Waals surface area contributed by atoms with Crippen LogP contribution in [0.2, 0.25) is 0 Å². The van der Waals surface area contributed by atoms with Gasteiger partial charge in [0.2, 0.25) is 11.9 Å². The third kappa shape index (κ3) is 4.60. The number of halogens is 1. The number of pyridine rings is 2.